The van der Waals surface area contributed by atoms with E-state index in [0.29, 0.717) is 5.57 Å². The minimum Gasteiger partial charge on any atom is -0.469 e. The molecule has 0 bridgehead atoms. The normalized spacial score (nSPS) is 22.9. The molecular weight excluding hydrogens is 308 g/mol. The molecule has 0 fully saturated rings. The maximum absolute atomic E-state index is 12.5. The van der Waals surface area contributed by atoms with E-state index in [4.69, 9.17) is 9.47 Å². The van der Waals surface area contributed by atoms with Crippen LogP contribution in [0.1, 0.15) is 59.3 Å². The quantitative estimate of drug-likeness (QED) is 0.405. The van der Waals surface area contributed by atoms with Crippen molar-refractivity contribution in [1.29, 1.82) is 0 Å². The van der Waals surface area contributed by atoms with Gasteiger partial charge in [0.2, 0.25) is 17.2 Å². The standard InChI is InChI=1S/C19H24O5/c1-4-5-6-7-8-9-15-10-14-11-17(21)19(3,24-13(2)20)18(22)16(14)12-23-15/h10-12H,4-9H2,1-3H3. The van der Waals surface area contributed by atoms with Crippen molar-refractivity contribution >= 4 is 17.5 Å². The van der Waals surface area contributed by atoms with Crippen LogP contribution in [0.5, 0.6) is 0 Å². The number of esters is 1. The Hall–Kier alpha value is -2.17. The van der Waals surface area contributed by atoms with Crippen LogP contribution < -0.4 is 0 Å². The minimum atomic E-state index is -1.80. The van der Waals surface area contributed by atoms with Crippen LogP contribution in [0.4, 0.5) is 0 Å². The molecule has 1 heterocycles. The fourth-order valence-electron chi connectivity index (χ4n) is 2.86. The van der Waals surface area contributed by atoms with Crippen molar-refractivity contribution in [3.8, 4) is 0 Å². The number of carbonyl (C=O) groups is 3. The number of ether oxygens (including phenoxy) is 2. The molecule has 1 unspecified atom stereocenters. The minimum absolute atomic E-state index is 0.271. The molecule has 0 aromatic carbocycles. The van der Waals surface area contributed by atoms with Crippen molar-refractivity contribution < 1.29 is 23.9 Å². The predicted octanol–water partition coefficient (Wildman–Crippen LogP) is 3.54. The van der Waals surface area contributed by atoms with E-state index in [1.807, 2.05) is 0 Å². The third-order valence-corrected chi connectivity index (χ3v) is 4.26. The van der Waals surface area contributed by atoms with Gasteiger partial charge in [0.15, 0.2) is 0 Å². The molecule has 0 aromatic heterocycles. The first-order chi connectivity index (χ1) is 11.4. The number of Topliss-reactive ketones (excluding diaryl/α,β-unsaturated/α-hetero) is 1. The molecule has 1 aliphatic carbocycles. The highest BCUT2D eigenvalue weighted by atomic mass is 16.6. The van der Waals surface area contributed by atoms with Gasteiger partial charge in [0.25, 0.3) is 0 Å². The summed E-state index contributed by atoms with van der Waals surface area (Å²) in [6, 6.07) is 0. The number of carbonyl (C=O) groups excluding carboxylic acids is 3. The first-order valence-electron chi connectivity index (χ1n) is 8.46. The van der Waals surface area contributed by atoms with E-state index in [2.05, 4.69) is 6.92 Å². The Balaban J connectivity index is 2.09. The van der Waals surface area contributed by atoms with Crippen molar-refractivity contribution in [2.75, 3.05) is 0 Å². The zero-order valence-corrected chi connectivity index (χ0v) is 14.5. The van der Waals surface area contributed by atoms with Crippen LogP contribution in [0, 0.1) is 0 Å². The van der Waals surface area contributed by atoms with Gasteiger partial charge in [0.05, 0.1) is 5.57 Å². The van der Waals surface area contributed by atoms with Gasteiger partial charge in [-0.3, -0.25) is 14.4 Å². The number of ketones is 2. The van der Waals surface area contributed by atoms with E-state index in [-0.39, 0.29) is 5.57 Å². The lowest BCUT2D eigenvalue weighted by atomic mass is 9.80. The summed E-state index contributed by atoms with van der Waals surface area (Å²) in [4.78, 5) is 36.0. The van der Waals surface area contributed by atoms with Crippen molar-refractivity contribution in [3.63, 3.8) is 0 Å². The molecule has 0 spiro atoms. The molecule has 0 saturated heterocycles. The van der Waals surface area contributed by atoms with E-state index in [0.717, 1.165) is 25.0 Å². The number of hydrogen-bond acceptors (Lipinski definition) is 5. The lowest BCUT2D eigenvalue weighted by Crippen LogP contribution is -2.50. The molecule has 1 aliphatic heterocycles. The maximum atomic E-state index is 12.5. The first-order valence-corrected chi connectivity index (χ1v) is 8.46. The SMILES string of the molecule is CCCCCCCC1=CC2=CC(=O)C(C)(OC(C)=O)C(=O)C2=CO1. The zero-order chi connectivity index (χ0) is 17.7. The summed E-state index contributed by atoms with van der Waals surface area (Å²) < 4.78 is 10.5. The van der Waals surface area contributed by atoms with Crippen LogP contribution in [0.25, 0.3) is 0 Å². The topological polar surface area (TPSA) is 69.7 Å². The third-order valence-electron chi connectivity index (χ3n) is 4.26. The van der Waals surface area contributed by atoms with Crippen molar-refractivity contribution in [2.24, 2.45) is 0 Å². The highest BCUT2D eigenvalue weighted by molar-refractivity contribution is 6.26. The van der Waals surface area contributed by atoms with E-state index >= 15 is 0 Å². The summed E-state index contributed by atoms with van der Waals surface area (Å²) in [5.41, 5.74) is -0.992. The van der Waals surface area contributed by atoms with Crippen LogP contribution in [0.2, 0.25) is 0 Å². The van der Waals surface area contributed by atoms with Gasteiger partial charge in [-0.1, -0.05) is 32.6 Å². The molecule has 0 radical (unpaired) electrons. The lowest BCUT2D eigenvalue weighted by molar-refractivity contribution is -0.167. The van der Waals surface area contributed by atoms with Gasteiger partial charge in [-0.15, -0.1) is 0 Å². The first kappa shape index (κ1) is 18.2. The Morgan fingerprint density at radius 3 is 2.54 bits per heavy atom. The molecule has 0 saturated carbocycles. The van der Waals surface area contributed by atoms with Gasteiger partial charge >= 0.3 is 5.97 Å². The van der Waals surface area contributed by atoms with E-state index in [1.54, 1.807) is 6.08 Å². The Kier molecular flexibility index (Phi) is 5.75. The summed E-state index contributed by atoms with van der Waals surface area (Å²) in [5, 5.41) is 0. The molecule has 1 atom stereocenters. The lowest BCUT2D eigenvalue weighted by Gasteiger charge is -2.31. The predicted molar refractivity (Wildman–Crippen MR) is 88.9 cm³/mol. The number of hydrogen-bond donors (Lipinski definition) is 0. The maximum Gasteiger partial charge on any atom is 0.304 e. The molecule has 5 nitrogen and oxygen atoms in total. The molecule has 2 aliphatic rings. The van der Waals surface area contributed by atoms with Crippen LogP contribution in [-0.2, 0) is 23.9 Å². The van der Waals surface area contributed by atoms with E-state index in [1.165, 1.54) is 45.4 Å². The Bertz CT molecular complexity index is 638. The summed E-state index contributed by atoms with van der Waals surface area (Å²) in [6.07, 6.45) is 11.0. The molecule has 2 rings (SSSR count). The monoisotopic (exact) mass is 332 g/mol. The van der Waals surface area contributed by atoms with E-state index < -0.39 is 23.1 Å². The number of fused-ring (bicyclic) bond motifs is 1. The average Bonchev–Trinajstić information content (AvgIpc) is 2.52. The molecule has 24 heavy (non-hydrogen) atoms. The number of unbranched alkanes of at least 4 members (excludes halogenated alkanes) is 4. The molecule has 130 valence electrons. The van der Waals surface area contributed by atoms with Gasteiger partial charge in [-0.2, -0.15) is 0 Å². The van der Waals surface area contributed by atoms with Gasteiger partial charge in [0, 0.05) is 13.3 Å². The van der Waals surface area contributed by atoms with Gasteiger partial charge in [-0.05, 0) is 31.1 Å². The summed E-state index contributed by atoms with van der Waals surface area (Å²) in [7, 11) is 0. The summed E-state index contributed by atoms with van der Waals surface area (Å²) in [6.45, 7) is 4.67. The number of rotatable bonds is 7. The molecule has 0 aromatic rings. The summed E-state index contributed by atoms with van der Waals surface area (Å²) >= 11 is 0. The van der Waals surface area contributed by atoms with Crippen LogP contribution in [-0.4, -0.2) is 23.1 Å². The fraction of sp³-hybridized carbons (Fsp3) is 0.526. The van der Waals surface area contributed by atoms with Gasteiger partial charge < -0.3 is 9.47 Å². The Morgan fingerprint density at radius 2 is 1.88 bits per heavy atom. The second-order valence-corrected chi connectivity index (χ2v) is 6.34. The van der Waals surface area contributed by atoms with Crippen molar-refractivity contribution in [3.05, 3.63) is 35.3 Å². The zero-order valence-electron chi connectivity index (χ0n) is 14.5. The molecular formula is C19H24O5. The van der Waals surface area contributed by atoms with Gasteiger partial charge in [-0.25, -0.2) is 0 Å². The highest BCUT2D eigenvalue weighted by Gasteiger charge is 2.48. The Labute approximate surface area is 142 Å². The largest absolute Gasteiger partial charge is 0.469 e. The number of allylic oxidation sites excluding steroid dienone is 3. The van der Waals surface area contributed by atoms with Crippen molar-refractivity contribution in [2.45, 2.75) is 64.9 Å². The van der Waals surface area contributed by atoms with Gasteiger partial charge in [0.1, 0.15) is 12.0 Å². The second-order valence-electron chi connectivity index (χ2n) is 6.34. The molecule has 0 N–H and O–H groups in total. The van der Waals surface area contributed by atoms with E-state index in [9.17, 15) is 14.4 Å². The van der Waals surface area contributed by atoms with Crippen molar-refractivity contribution in [1.82, 2.24) is 0 Å². The van der Waals surface area contributed by atoms with Crippen LogP contribution >= 0.6 is 0 Å². The molecule has 5 heteroatoms. The fourth-order valence-corrected chi connectivity index (χ4v) is 2.86. The Morgan fingerprint density at radius 1 is 1.17 bits per heavy atom. The van der Waals surface area contributed by atoms with Crippen LogP contribution in [0.3, 0.4) is 0 Å². The van der Waals surface area contributed by atoms with Crippen LogP contribution in [0.15, 0.2) is 35.3 Å². The smallest absolute Gasteiger partial charge is 0.304 e. The average molecular weight is 332 g/mol. The highest BCUT2D eigenvalue weighted by Crippen LogP contribution is 2.34. The second kappa shape index (κ2) is 7.60. The molecule has 0 amide bonds. The third kappa shape index (κ3) is 3.83. The summed E-state index contributed by atoms with van der Waals surface area (Å²) in [5.74, 6) is -0.983.